The minimum atomic E-state index is -4.69. The number of hydrogen-bond donors (Lipinski definition) is 0. The lowest BCUT2D eigenvalue weighted by atomic mass is 10.0. The SMILES string of the molecule is CCCc1c(OCCCCN2C(=O)N(CCC)C(C)(C)C2=O)ccc2c(C(F)(F)F)cc(=O)oc12. The molecule has 0 atom stereocenters. The summed E-state index contributed by atoms with van der Waals surface area (Å²) in [6.07, 6.45) is -1.93. The van der Waals surface area contributed by atoms with Gasteiger partial charge < -0.3 is 14.1 Å². The highest BCUT2D eigenvalue weighted by Gasteiger charge is 2.50. The van der Waals surface area contributed by atoms with Crippen molar-refractivity contribution in [2.75, 3.05) is 19.7 Å². The lowest BCUT2D eigenvalue weighted by Gasteiger charge is -2.27. The third-order valence-corrected chi connectivity index (χ3v) is 6.16. The fraction of sp³-hybridized carbons (Fsp3) is 0.560. The molecule has 0 unspecified atom stereocenters. The van der Waals surface area contributed by atoms with Crippen molar-refractivity contribution in [1.29, 1.82) is 0 Å². The predicted octanol–water partition coefficient (Wildman–Crippen LogP) is 5.38. The maximum absolute atomic E-state index is 13.4. The highest BCUT2D eigenvalue weighted by molar-refractivity contribution is 6.06. The summed E-state index contributed by atoms with van der Waals surface area (Å²) in [6.45, 7) is 8.28. The van der Waals surface area contributed by atoms with Gasteiger partial charge in [0.1, 0.15) is 16.9 Å². The Balaban J connectivity index is 1.70. The monoisotopic (exact) mass is 496 g/mol. The normalized spacial score (nSPS) is 16.0. The number of alkyl halides is 3. The van der Waals surface area contributed by atoms with Crippen LogP contribution in [-0.2, 0) is 17.4 Å². The van der Waals surface area contributed by atoms with Gasteiger partial charge in [0.25, 0.3) is 5.91 Å². The number of amides is 3. The molecule has 1 aromatic carbocycles. The van der Waals surface area contributed by atoms with Crippen LogP contribution in [0.25, 0.3) is 11.0 Å². The molecule has 3 rings (SSSR count). The number of aryl methyl sites for hydroxylation is 1. The summed E-state index contributed by atoms with van der Waals surface area (Å²) < 4.78 is 51.3. The van der Waals surface area contributed by atoms with Crippen molar-refractivity contribution in [2.24, 2.45) is 0 Å². The van der Waals surface area contributed by atoms with E-state index in [2.05, 4.69) is 0 Å². The van der Waals surface area contributed by atoms with Gasteiger partial charge in [-0.15, -0.1) is 0 Å². The van der Waals surface area contributed by atoms with Crippen LogP contribution < -0.4 is 10.4 Å². The zero-order valence-electron chi connectivity index (χ0n) is 20.5. The summed E-state index contributed by atoms with van der Waals surface area (Å²) in [6, 6.07) is 2.88. The molecule has 1 saturated heterocycles. The van der Waals surface area contributed by atoms with Crippen LogP contribution in [0.2, 0.25) is 0 Å². The molecule has 1 aliphatic heterocycles. The van der Waals surface area contributed by atoms with E-state index in [0.29, 0.717) is 49.6 Å². The molecule has 0 N–H and O–H groups in total. The van der Waals surface area contributed by atoms with E-state index >= 15 is 0 Å². The summed E-state index contributed by atoms with van der Waals surface area (Å²) in [5.41, 5.74) is -2.68. The Bertz CT molecular complexity index is 1160. The second-order valence-electron chi connectivity index (χ2n) is 9.15. The highest BCUT2D eigenvalue weighted by Crippen LogP contribution is 2.37. The molecule has 2 aromatic rings. The molecular weight excluding hydrogens is 465 g/mol. The minimum absolute atomic E-state index is 0.115. The van der Waals surface area contributed by atoms with Gasteiger partial charge in [0.05, 0.1) is 12.2 Å². The van der Waals surface area contributed by atoms with Gasteiger partial charge in [-0.3, -0.25) is 9.69 Å². The predicted molar refractivity (Wildman–Crippen MR) is 124 cm³/mol. The van der Waals surface area contributed by atoms with Gasteiger partial charge in [0.2, 0.25) is 0 Å². The first-order valence-corrected chi connectivity index (χ1v) is 11.9. The first-order chi connectivity index (χ1) is 16.4. The number of urea groups is 1. The van der Waals surface area contributed by atoms with E-state index in [0.717, 1.165) is 6.42 Å². The van der Waals surface area contributed by atoms with Gasteiger partial charge in [-0.25, -0.2) is 9.59 Å². The van der Waals surface area contributed by atoms with Crippen LogP contribution in [0.1, 0.15) is 64.5 Å². The minimum Gasteiger partial charge on any atom is -0.493 e. The molecule has 0 radical (unpaired) electrons. The van der Waals surface area contributed by atoms with Crippen LogP contribution in [0, 0.1) is 0 Å². The van der Waals surface area contributed by atoms with Crippen molar-refractivity contribution in [2.45, 2.75) is 71.5 Å². The molecule has 10 heteroatoms. The molecule has 0 bridgehead atoms. The first kappa shape index (κ1) is 26.6. The average molecular weight is 497 g/mol. The number of hydrogen-bond acceptors (Lipinski definition) is 5. The maximum Gasteiger partial charge on any atom is 0.417 e. The molecule has 0 saturated carbocycles. The number of unbranched alkanes of at least 4 members (excludes halogenated alkanes) is 1. The topological polar surface area (TPSA) is 80.1 Å². The number of nitrogens with zero attached hydrogens (tertiary/aromatic N) is 2. The van der Waals surface area contributed by atoms with Crippen LogP contribution in [0.5, 0.6) is 5.75 Å². The quantitative estimate of drug-likeness (QED) is 0.251. The van der Waals surface area contributed by atoms with Crippen LogP contribution >= 0.6 is 0 Å². The fourth-order valence-electron chi connectivity index (χ4n) is 4.39. The Morgan fingerprint density at radius 1 is 1.03 bits per heavy atom. The van der Waals surface area contributed by atoms with Crippen molar-refractivity contribution >= 4 is 22.9 Å². The van der Waals surface area contributed by atoms with Crippen molar-refractivity contribution < 1.29 is 31.9 Å². The van der Waals surface area contributed by atoms with E-state index in [1.54, 1.807) is 18.7 Å². The number of carbonyl (C=O) groups is 2. The Morgan fingerprint density at radius 2 is 1.74 bits per heavy atom. The second-order valence-corrected chi connectivity index (χ2v) is 9.15. The van der Waals surface area contributed by atoms with Crippen molar-refractivity contribution in [3.05, 3.63) is 39.7 Å². The Hall–Kier alpha value is -3.04. The van der Waals surface area contributed by atoms with Gasteiger partial charge in [0, 0.05) is 30.1 Å². The number of rotatable bonds is 10. The van der Waals surface area contributed by atoms with E-state index in [-0.39, 0.29) is 36.1 Å². The van der Waals surface area contributed by atoms with E-state index < -0.39 is 22.9 Å². The third kappa shape index (κ3) is 5.31. The Kier molecular flexibility index (Phi) is 7.81. The van der Waals surface area contributed by atoms with E-state index in [9.17, 15) is 27.6 Å². The number of imide groups is 1. The van der Waals surface area contributed by atoms with Crippen LogP contribution in [0.3, 0.4) is 0 Å². The van der Waals surface area contributed by atoms with Crippen LogP contribution in [-0.4, -0.2) is 47.0 Å². The first-order valence-electron chi connectivity index (χ1n) is 11.9. The Morgan fingerprint density at radius 3 is 2.37 bits per heavy atom. The van der Waals surface area contributed by atoms with Gasteiger partial charge >= 0.3 is 17.8 Å². The molecule has 35 heavy (non-hydrogen) atoms. The summed E-state index contributed by atoms with van der Waals surface area (Å²) in [4.78, 5) is 40.0. The summed E-state index contributed by atoms with van der Waals surface area (Å²) in [5.74, 6) is 0.123. The van der Waals surface area contributed by atoms with Crippen molar-refractivity contribution in [3.8, 4) is 5.75 Å². The molecule has 2 heterocycles. The molecule has 0 spiro atoms. The van der Waals surface area contributed by atoms with Gasteiger partial charge in [-0.05, 0) is 51.7 Å². The summed E-state index contributed by atoms with van der Waals surface area (Å²) >= 11 is 0. The maximum atomic E-state index is 13.4. The number of carbonyl (C=O) groups excluding carboxylic acids is 2. The zero-order chi connectivity index (χ0) is 26.0. The van der Waals surface area contributed by atoms with Crippen LogP contribution in [0.15, 0.2) is 27.4 Å². The molecule has 7 nitrogen and oxygen atoms in total. The number of halogens is 3. The number of fused-ring (bicyclic) bond motifs is 1. The largest absolute Gasteiger partial charge is 0.493 e. The van der Waals surface area contributed by atoms with Crippen LogP contribution in [0.4, 0.5) is 18.0 Å². The lowest BCUT2D eigenvalue weighted by molar-refractivity contribution is -0.136. The lowest BCUT2D eigenvalue weighted by Crippen LogP contribution is -2.44. The Labute approximate surface area is 201 Å². The molecule has 1 aliphatic rings. The van der Waals surface area contributed by atoms with E-state index in [1.807, 2.05) is 13.8 Å². The highest BCUT2D eigenvalue weighted by atomic mass is 19.4. The van der Waals surface area contributed by atoms with E-state index in [4.69, 9.17) is 9.15 Å². The fourth-order valence-corrected chi connectivity index (χ4v) is 4.39. The molecule has 1 aromatic heterocycles. The molecule has 1 fully saturated rings. The van der Waals surface area contributed by atoms with Gasteiger partial charge in [0.15, 0.2) is 0 Å². The zero-order valence-corrected chi connectivity index (χ0v) is 20.5. The summed E-state index contributed by atoms with van der Waals surface area (Å²) in [7, 11) is 0. The smallest absolute Gasteiger partial charge is 0.417 e. The molecule has 192 valence electrons. The van der Waals surface area contributed by atoms with Crippen molar-refractivity contribution in [1.82, 2.24) is 9.80 Å². The second kappa shape index (κ2) is 10.3. The number of ether oxygens (including phenoxy) is 1. The summed E-state index contributed by atoms with van der Waals surface area (Å²) in [5, 5.41) is -0.182. The molecular formula is C25H31F3N2O5. The van der Waals surface area contributed by atoms with E-state index in [1.165, 1.54) is 17.0 Å². The van der Waals surface area contributed by atoms with Gasteiger partial charge in [-0.2, -0.15) is 13.2 Å². The molecule has 3 amide bonds. The average Bonchev–Trinajstić information content (AvgIpc) is 2.93. The van der Waals surface area contributed by atoms with Crippen molar-refractivity contribution in [3.63, 3.8) is 0 Å². The number of benzene rings is 1. The molecule has 0 aliphatic carbocycles. The van der Waals surface area contributed by atoms with Gasteiger partial charge in [-0.1, -0.05) is 20.3 Å². The third-order valence-electron chi connectivity index (χ3n) is 6.16. The standard InChI is InChI=1S/C25H31F3N2O5/c1-5-9-17-19(11-10-16-18(25(26,27)28)15-20(31)35-21(16)17)34-14-8-7-13-29-22(32)24(3,4)30(12-6-2)23(29)33/h10-11,15H,5-9,12-14H2,1-4H3.